The molecule has 1 aromatic rings. The van der Waals surface area contributed by atoms with Crippen molar-refractivity contribution in [2.24, 2.45) is 0 Å². The highest BCUT2D eigenvalue weighted by Gasteiger charge is 2.37. The van der Waals surface area contributed by atoms with Gasteiger partial charge in [0.15, 0.2) is 5.75 Å². The molecule has 114 valence electrons. The van der Waals surface area contributed by atoms with Gasteiger partial charge in [0.2, 0.25) is 5.78 Å². The monoisotopic (exact) mass is 281 g/mol. The smallest absolute Gasteiger partial charge is 0.204 e. The lowest BCUT2D eigenvalue weighted by Gasteiger charge is -2.35. The van der Waals surface area contributed by atoms with Gasteiger partial charge >= 0.3 is 0 Å². The number of ketones is 1. The van der Waals surface area contributed by atoms with E-state index >= 15 is 0 Å². The molecule has 0 amide bonds. The summed E-state index contributed by atoms with van der Waals surface area (Å²) < 4.78 is 7.07. The van der Waals surface area contributed by atoms with Gasteiger partial charge in [-0.2, -0.15) is 5.10 Å². The summed E-state index contributed by atoms with van der Waals surface area (Å²) in [4.78, 5) is 15.1. The van der Waals surface area contributed by atoms with E-state index in [2.05, 4.69) is 30.8 Å². The van der Waals surface area contributed by atoms with Gasteiger partial charge in [0.1, 0.15) is 5.69 Å². The topological polar surface area (TPSA) is 47.4 Å². The summed E-state index contributed by atoms with van der Waals surface area (Å²) in [6.07, 6.45) is 2.55. The lowest BCUT2D eigenvalue weighted by Crippen LogP contribution is -2.50. The molecule has 0 bridgehead atoms. The van der Waals surface area contributed by atoms with Crippen molar-refractivity contribution in [3.8, 4) is 5.75 Å². The van der Waals surface area contributed by atoms with Gasteiger partial charge in [0.25, 0.3) is 0 Å². The van der Waals surface area contributed by atoms with Crippen molar-refractivity contribution in [1.29, 1.82) is 0 Å². The van der Waals surface area contributed by atoms with E-state index in [1.165, 1.54) is 0 Å². The number of methoxy groups -OCH3 is 1. The molecule has 0 spiro atoms. The van der Waals surface area contributed by atoms with Gasteiger partial charge in [-0.05, 0) is 33.4 Å². The molecule has 0 unspecified atom stereocenters. The van der Waals surface area contributed by atoms with E-state index in [1.807, 2.05) is 13.8 Å². The maximum absolute atomic E-state index is 13.0. The fourth-order valence-corrected chi connectivity index (χ4v) is 2.58. The Morgan fingerprint density at radius 3 is 2.40 bits per heavy atom. The minimum Gasteiger partial charge on any atom is -0.493 e. The zero-order valence-electron chi connectivity index (χ0n) is 13.6. The molecule has 20 heavy (non-hydrogen) atoms. The van der Waals surface area contributed by atoms with Crippen LogP contribution in [-0.4, -0.2) is 46.2 Å². The predicted octanol–water partition coefficient (Wildman–Crippen LogP) is 2.60. The number of ether oxygens (including phenoxy) is 1. The lowest BCUT2D eigenvalue weighted by molar-refractivity contribution is 0.0653. The summed E-state index contributed by atoms with van der Waals surface area (Å²) in [5.41, 5.74) is 0.00807. The van der Waals surface area contributed by atoms with Crippen molar-refractivity contribution in [3.63, 3.8) is 0 Å². The Labute approximate surface area is 121 Å². The van der Waals surface area contributed by atoms with Crippen LogP contribution in [0.25, 0.3) is 0 Å². The van der Waals surface area contributed by atoms with Crippen molar-refractivity contribution in [2.75, 3.05) is 20.2 Å². The molecule has 0 saturated heterocycles. The fourth-order valence-electron chi connectivity index (χ4n) is 2.58. The third kappa shape index (κ3) is 3.03. The molecule has 0 N–H and O–H groups in total. The Bertz CT molecular complexity index is 448. The Morgan fingerprint density at radius 2 is 1.95 bits per heavy atom. The summed E-state index contributed by atoms with van der Waals surface area (Å²) in [6, 6.07) is 0. The Hall–Kier alpha value is -1.36. The van der Waals surface area contributed by atoms with Crippen molar-refractivity contribution >= 4 is 5.78 Å². The first-order valence-corrected chi connectivity index (χ1v) is 7.33. The molecule has 0 aliphatic heterocycles. The van der Waals surface area contributed by atoms with Gasteiger partial charge in [0, 0.05) is 6.54 Å². The molecular weight excluding hydrogens is 254 g/mol. The number of rotatable bonds is 8. The highest BCUT2D eigenvalue weighted by atomic mass is 16.5. The van der Waals surface area contributed by atoms with Gasteiger partial charge in [-0.1, -0.05) is 20.8 Å². The molecule has 0 atom stereocenters. The van der Waals surface area contributed by atoms with Crippen molar-refractivity contribution in [2.45, 2.75) is 53.1 Å². The molecule has 1 rings (SSSR count). The first kappa shape index (κ1) is 16.7. The molecule has 0 radical (unpaired) electrons. The van der Waals surface area contributed by atoms with Crippen LogP contribution >= 0.6 is 0 Å². The number of likely N-dealkylation sites (N-methyl/N-ethyl adjacent to an activating group) is 1. The van der Waals surface area contributed by atoms with Crippen LogP contribution in [0.15, 0.2) is 6.20 Å². The highest BCUT2D eigenvalue weighted by molar-refractivity contribution is 6.03. The van der Waals surface area contributed by atoms with Gasteiger partial charge < -0.3 is 4.74 Å². The van der Waals surface area contributed by atoms with Crippen LogP contribution in [0.5, 0.6) is 5.75 Å². The predicted molar refractivity (Wildman–Crippen MR) is 80.4 cm³/mol. The normalized spacial score (nSPS) is 11.9. The molecule has 0 aliphatic rings. The summed E-state index contributed by atoms with van der Waals surface area (Å²) in [7, 11) is 1.58. The minimum atomic E-state index is -0.567. The quantitative estimate of drug-likeness (QED) is 0.687. The number of hydrogen-bond acceptors (Lipinski definition) is 4. The average molecular weight is 281 g/mol. The molecule has 5 nitrogen and oxygen atoms in total. The number of carbonyl (C=O) groups excluding carboxylic acids is 1. The fraction of sp³-hybridized carbons (Fsp3) is 0.733. The summed E-state index contributed by atoms with van der Waals surface area (Å²) in [6.45, 7) is 12.5. The number of nitrogens with zero attached hydrogens (tertiary/aromatic N) is 3. The van der Waals surface area contributed by atoms with Crippen LogP contribution in [-0.2, 0) is 6.54 Å². The van der Waals surface area contributed by atoms with E-state index in [-0.39, 0.29) is 5.78 Å². The molecule has 5 heteroatoms. The maximum atomic E-state index is 13.0. The van der Waals surface area contributed by atoms with Crippen molar-refractivity contribution in [1.82, 2.24) is 14.7 Å². The summed E-state index contributed by atoms with van der Waals surface area (Å²) in [5.74, 6) is 0.618. The van der Waals surface area contributed by atoms with Crippen LogP contribution in [0, 0.1) is 0 Å². The number of hydrogen-bond donors (Lipinski definition) is 0. The van der Waals surface area contributed by atoms with Gasteiger partial charge in [-0.3, -0.25) is 14.4 Å². The zero-order chi connectivity index (χ0) is 15.3. The number of Topliss-reactive ketones (excluding diaryl/α,β-unsaturated/α-hetero) is 1. The average Bonchev–Trinajstić information content (AvgIpc) is 2.82. The second kappa shape index (κ2) is 6.88. The van der Waals surface area contributed by atoms with Crippen molar-refractivity contribution in [3.05, 3.63) is 11.9 Å². The van der Waals surface area contributed by atoms with E-state index in [0.717, 1.165) is 26.1 Å². The molecule has 0 aromatic carbocycles. The van der Waals surface area contributed by atoms with E-state index < -0.39 is 5.54 Å². The molecule has 0 aliphatic carbocycles. The minimum absolute atomic E-state index is 0.0593. The highest BCUT2D eigenvalue weighted by Crippen LogP contribution is 2.26. The molecule has 1 aromatic heterocycles. The molecule has 0 saturated carbocycles. The molecular formula is C15H27N3O2. The maximum Gasteiger partial charge on any atom is 0.204 e. The number of carbonyl (C=O) groups is 1. The van der Waals surface area contributed by atoms with Crippen LogP contribution in [0.4, 0.5) is 0 Å². The van der Waals surface area contributed by atoms with Crippen molar-refractivity contribution < 1.29 is 9.53 Å². The lowest BCUT2D eigenvalue weighted by atomic mass is 9.93. The third-order valence-electron chi connectivity index (χ3n) is 3.79. The number of aromatic nitrogens is 2. The van der Waals surface area contributed by atoms with E-state index in [0.29, 0.717) is 11.4 Å². The first-order valence-electron chi connectivity index (χ1n) is 7.33. The zero-order valence-corrected chi connectivity index (χ0v) is 13.6. The van der Waals surface area contributed by atoms with Gasteiger partial charge in [-0.15, -0.1) is 0 Å². The molecule has 0 fully saturated rings. The van der Waals surface area contributed by atoms with Gasteiger partial charge in [-0.25, -0.2) is 0 Å². The Morgan fingerprint density at radius 1 is 1.35 bits per heavy atom. The first-order chi connectivity index (χ1) is 9.43. The van der Waals surface area contributed by atoms with Gasteiger partial charge in [0.05, 0.1) is 18.8 Å². The van der Waals surface area contributed by atoms with Crippen LogP contribution in [0.1, 0.15) is 51.5 Å². The van der Waals surface area contributed by atoms with Crippen LogP contribution in [0.2, 0.25) is 0 Å². The largest absolute Gasteiger partial charge is 0.493 e. The summed E-state index contributed by atoms with van der Waals surface area (Å²) >= 11 is 0. The SMILES string of the molecule is CCCn1ncc(OC)c1C(=O)C(C)(C)N(CC)CC. The van der Waals surface area contributed by atoms with E-state index in [4.69, 9.17) is 4.74 Å². The third-order valence-corrected chi connectivity index (χ3v) is 3.79. The Balaban J connectivity index is 3.21. The summed E-state index contributed by atoms with van der Waals surface area (Å²) in [5, 5.41) is 4.27. The second-order valence-electron chi connectivity index (χ2n) is 5.35. The standard InChI is InChI=1S/C15H27N3O2/c1-7-10-18-13(12(20-6)11-16-18)14(19)15(4,5)17(8-2)9-3/h11H,7-10H2,1-6H3. The van der Waals surface area contributed by atoms with Crippen LogP contribution in [0.3, 0.4) is 0 Å². The van der Waals surface area contributed by atoms with E-state index in [9.17, 15) is 4.79 Å². The number of aryl methyl sites for hydroxylation is 1. The van der Waals surface area contributed by atoms with Crippen LogP contribution < -0.4 is 4.74 Å². The second-order valence-corrected chi connectivity index (χ2v) is 5.35. The molecule has 1 heterocycles. The Kier molecular flexibility index (Phi) is 5.74. The van der Waals surface area contributed by atoms with E-state index in [1.54, 1.807) is 18.0 Å².